The SMILES string of the molecule is C=C(N)c1cc(C(C)(C)C)oc1C. The monoisotopic (exact) mass is 179 g/mol. The van der Waals surface area contributed by atoms with Gasteiger partial charge in [0.1, 0.15) is 11.5 Å². The number of rotatable bonds is 1. The molecule has 0 fully saturated rings. The largest absolute Gasteiger partial charge is 0.465 e. The second-order valence-electron chi connectivity index (χ2n) is 4.36. The fourth-order valence-electron chi connectivity index (χ4n) is 1.17. The number of furan rings is 1. The first-order chi connectivity index (χ1) is 5.82. The zero-order chi connectivity index (χ0) is 10.2. The molecule has 0 aliphatic carbocycles. The molecule has 1 heterocycles. The molecule has 0 aromatic carbocycles. The molecule has 0 amide bonds. The number of nitrogens with two attached hydrogens (primary N) is 1. The Bertz CT molecular complexity index is 328. The second-order valence-corrected chi connectivity index (χ2v) is 4.36. The summed E-state index contributed by atoms with van der Waals surface area (Å²) in [4.78, 5) is 0. The van der Waals surface area contributed by atoms with Crippen molar-refractivity contribution < 1.29 is 4.42 Å². The number of hydrogen-bond acceptors (Lipinski definition) is 2. The summed E-state index contributed by atoms with van der Waals surface area (Å²) in [6, 6.07) is 1.97. The highest BCUT2D eigenvalue weighted by Crippen LogP contribution is 2.28. The molecule has 0 unspecified atom stereocenters. The molecule has 1 rings (SSSR count). The molecular weight excluding hydrogens is 162 g/mol. The van der Waals surface area contributed by atoms with Gasteiger partial charge in [-0.2, -0.15) is 0 Å². The summed E-state index contributed by atoms with van der Waals surface area (Å²) in [7, 11) is 0. The average Bonchev–Trinajstić information content (AvgIpc) is 2.29. The number of hydrogen-bond donors (Lipinski definition) is 1. The van der Waals surface area contributed by atoms with E-state index >= 15 is 0 Å². The fourth-order valence-corrected chi connectivity index (χ4v) is 1.17. The van der Waals surface area contributed by atoms with Gasteiger partial charge in [0.25, 0.3) is 0 Å². The minimum atomic E-state index is 0.0262. The van der Waals surface area contributed by atoms with E-state index in [9.17, 15) is 0 Å². The first-order valence-corrected chi connectivity index (χ1v) is 4.38. The van der Waals surface area contributed by atoms with E-state index in [0.29, 0.717) is 5.70 Å². The van der Waals surface area contributed by atoms with Crippen molar-refractivity contribution >= 4 is 5.70 Å². The van der Waals surface area contributed by atoms with Crippen molar-refractivity contribution in [1.29, 1.82) is 0 Å². The minimum absolute atomic E-state index is 0.0262. The van der Waals surface area contributed by atoms with E-state index in [0.717, 1.165) is 17.1 Å². The Labute approximate surface area is 79.4 Å². The van der Waals surface area contributed by atoms with Gasteiger partial charge in [0.05, 0.1) is 0 Å². The summed E-state index contributed by atoms with van der Waals surface area (Å²) in [6.07, 6.45) is 0. The van der Waals surface area contributed by atoms with E-state index in [2.05, 4.69) is 27.4 Å². The van der Waals surface area contributed by atoms with Crippen LogP contribution in [0.2, 0.25) is 0 Å². The quantitative estimate of drug-likeness (QED) is 0.720. The lowest BCUT2D eigenvalue weighted by Crippen LogP contribution is -2.09. The van der Waals surface area contributed by atoms with E-state index in [1.807, 2.05) is 13.0 Å². The molecule has 1 aromatic heterocycles. The highest BCUT2D eigenvalue weighted by atomic mass is 16.3. The van der Waals surface area contributed by atoms with Crippen LogP contribution < -0.4 is 5.73 Å². The highest BCUT2D eigenvalue weighted by molar-refractivity contribution is 5.62. The fraction of sp³-hybridized carbons (Fsp3) is 0.455. The van der Waals surface area contributed by atoms with Crippen LogP contribution in [-0.2, 0) is 5.41 Å². The Balaban J connectivity index is 3.17. The third-order valence-corrected chi connectivity index (χ3v) is 2.00. The van der Waals surface area contributed by atoms with Crippen LogP contribution in [0.15, 0.2) is 17.1 Å². The molecule has 0 radical (unpaired) electrons. The maximum absolute atomic E-state index is 5.62. The zero-order valence-electron chi connectivity index (χ0n) is 8.77. The Morgan fingerprint density at radius 3 is 2.23 bits per heavy atom. The molecule has 0 spiro atoms. The normalized spacial score (nSPS) is 11.7. The van der Waals surface area contributed by atoms with Gasteiger partial charge < -0.3 is 10.2 Å². The van der Waals surface area contributed by atoms with E-state index in [1.54, 1.807) is 0 Å². The van der Waals surface area contributed by atoms with Crippen LogP contribution in [0.25, 0.3) is 5.70 Å². The lowest BCUT2D eigenvalue weighted by molar-refractivity contribution is 0.395. The molecular formula is C11H17NO. The Morgan fingerprint density at radius 2 is 2.00 bits per heavy atom. The van der Waals surface area contributed by atoms with E-state index in [-0.39, 0.29) is 5.41 Å². The van der Waals surface area contributed by atoms with Crippen molar-refractivity contribution in [2.24, 2.45) is 5.73 Å². The molecule has 2 nitrogen and oxygen atoms in total. The van der Waals surface area contributed by atoms with Gasteiger partial charge in [-0.3, -0.25) is 0 Å². The van der Waals surface area contributed by atoms with E-state index in [4.69, 9.17) is 10.2 Å². The molecule has 0 atom stereocenters. The summed E-state index contributed by atoms with van der Waals surface area (Å²) in [5.74, 6) is 1.80. The summed E-state index contributed by atoms with van der Waals surface area (Å²) in [5, 5.41) is 0. The van der Waals surface area contributed by atoms with Gasteiger partial charge in [-0.05, 0) is 13.0 Å². The average molecular weight is 179 g/mol. The molecule has 0 bridgehead atoms. The van der Waals surface area contributed by atoms with Crippen LogP contribution in [0.4, 0.5) is 0 Å². The van der Waals surface area contributed by atoms with Crippen LogP contribution in [0, 0.1) is 6.92 Å². The van der Waals surface area contributed by atoms with Crippen molar-refractivity contribution in [3.63, 3.8) is 0 Å². The van der Waals surface area contributed by atoms with Crippen molar-refractivity contribution in [2.75, 3.05) is 0 Å². The van der Waals surface area contributed by atoms with Gasteiger partial charge in [-0.25, -0.2) is 0 Å². The van der Waals surface area contributed by atoms with Gasteiger partial charge in [-0.1, -0.05) is 27.4 Å². The third kappa shape index (κ3) is 1.94. The maximum Gasteiger partial charge on any atom is 0.110 e. The summed E-state index contributed by atoms with van der Waals surface area (Å²) in [5.41, 5.74) is 7.13. The van der Waals surface area contributed by atoms with Gasteiger partial charge in [-0.15, -0.1) is 0 Å². The topological polar surface area (TPSA) is 39.2 Å². The van der Waals surface area contributed by atoms with E-state index < -0.39 is 0 Å². The van der Waals surface area contributed by atoms with Crippen LogP contribution in [-0.4, -0.2) is 0 Å². The van der Waals surface area contributed by atoms with E-state index in [1.165, 1.54) is 0 Å². The first kappa shape index (κ1) is 9.90. The summed E-state index contributed by atoms with van der Waals surface area (Å²) < 4.78 is 5.60. The molecule has 0 saturated heterocycles. The first-order valence-electron chi connectivity index (χ1n) is 4.38. The highest BCUT2D eigenvalue weighted by Gasteiger charge is 2.20. The summed E-state index contributed by atoms with van der Waals surface area (Å²) >= 11 is 0. The van der Waals surface area contributed by atoms with Gasteiger partial charge in [0, 0.05) is 16.7 Å². The van der Waals surface area contributed by atoms with Crippen molar-refractivity contribution in [1.82, 2.24) is 0 Å². The smallest absolute Gasteiger partial charge is 0.110 e. The molecule has 2 heteroatoms. The zero-order valence-corrected chi connectivity index (χ0v) is 8.77. The van der Waals surface area contributed by atoms with Crippen LogP contribution in [0.3, 0.4) is 0 Å². The van der Waals surface area contributed by atoms with Crippen molar-refractivity contribution in [3.8, 4) is 0 Å². The van der Waals surface area contributed by atoms with Gasteiger partial charge in [0.15, 0.2) is 0 Å². The minimum Gasteiger partial charge on any atom is -0.465 e. The lowest BCUT2D eigenvalue weighted by atomic mass is 9.93. The Morgan fingerprint density at radius 1 is 1.46 bits per heavy atom. The van der Waals surface area contributed by atoms with Crippen LogP contribution >= 0.6 is 0 Å². The molecule has 2 N–H and O–H groups in total. The lowest BCUT2D eigenvalue weighted by Gasteiger charge is -2.13. The predicted molar refractivity (Wildman–Crippen MR) is 55.4 cm³/mol. The number of aryl methyl sites for hydroxylation is 1. The maximum atomic E-state index is 5.62. The van der Waals surface area contributed by atoms with Crippen molar-refractivity contribution in [3.05, 3.63) is 29.7 Å². The van der Waals surface area contributed by atoms with Crippen molar-refractivity contribution in [2.45, 2.75) is 33.1 Å². The molecule has 1 aromatic rings. The standard InChI is InChI=1S/C11H17NO/c1-7(12)9-6-10(11(3,4)5)13-8(9)2/h6H,1,12H2,2-5H3. The van der Waals surface area contributed by atoms with Crippen LogP contribution in [0.5, 0.6) is 0 Å². The predicted octanol–water partition coefficient (Wildman–Crippen LogP) is 2.81. The van der Waals surface area contributed by atoms with Gasteiger partial charge in [0.2, 0.25) is 0 Å². The summed E-state index contributed by atoms with van der Waals surface area (Å²) in [6.45, 7) is 11.9. The molecule has 0 aliphatic heterocycles. The molecule has 13 heavy (non-hydrogen) atoms. The molecule has 0 aliphatic rings. The Hall–Kier alpha value is -1.18. The molecule has 0 saturated carbocycles. The third-order valence-electron chi connectivity index (χ3n) is 2.00. The Kier molecular flexibility index (Phi) is 2.24. The van der Waals surface area contributed by atoms with Gasteiger partial charge >= 0.3 is 0 Å². The van der Waals surface area contributed by atoms with Crippen LogP contribution in [0.1, 0.15) is 37.9 Å². The second kappa shape index (κ2) is 2.95. The molecule has 72 valence electrons.